The van der Waals surface area contributed by atoms with Gasteiger partial charge in [0.25, 0.3) is 0 Å². The lowest BCUT2D eigenvalue weighted by molar-refractivity contribution is 0.333. The van der Waals surface area contributed by atoms with Gasteiger partial charge in [0, 0.05) is 0 Å². The maximum Gasteiger partial charge on any atom is 0.211 e. The van der Waals surface area contributed by atoms with Crippen LogP contribution in [0.25, 0.3) is 0 Å². The maximum atomic E-state index is 11.4. The summed E-state index contributed by atoms with van der Waals surface area (Å²) >= 11 is 0. The summed E-state index contributed by atoms with van der Waals surface area (Å²) in [5, 5.41) is 0. The Morgan fingerprint density at radius 3 is 2.38 bits per heavy atom. The van der Waals surface area contributed by atoms with E-state index in [0.29, 0.717) is 5.75 Å². The van der Waals surface area contributed by atoms with Gasteiger partial charge in [-0.3, -0.25) is 0 Å². The van der Waals surface area contributed by atoms with Crippen molar-refractivity contribution in [1.29, 1.82) is 0 Å². The summed E-state index contributed by atoms with van der Waals surface area (Å²) in [6.07, 6.45) is 5.89. The van der Waals surface area contributed by atoms with Crippen LogP contribution in [0.5, 0.6) is 0 Å². The molecule has 0 aromatic rings. The van der Waals surface area contributed by atoms with E-state index in [9.17, 15) is 8.42 Å². The van der Waals surface area contributed by atoms with Gasteiger partial charge in [0.1, 0.15) is 0 Å². The Bertz CT molecular complexity index is 289. The summed E-state index contributed by atoms with van der Waals surface area (Å²) in [5.74, 6) is 1.18. The van der Waals surface area contributed by atoms with Crippen LogP contribution in [0.15, 0.2) is 0 Å². The smallest absolute Gasteiger partial charge is 0.211 e. The minimum absolute atomic E-state index is 0.145. The average Bonchev–Trinajstić information content (AvgIpc) is 2.62. The van der Waals surface area contributed by atoms with Crippen molar-refractivity contribution in [2.45, 2.75) is 32.1 Å². The number of fused-ring (bicyclic) bond motifs is 2. The van der Waals surface area contributed by atoms with E-state index in [-0.39, 0.29) is 5.41 Å². The second kappa shape index (κ2) is 2.95. The predicted octanol–water partition coefficient (Wildman–Crippen LogP) is 1.12. The van der Waals surface area contributed by atoms with Gasteiger partial charge in [0.05, 0.1) is 5.75 Å². The third-order valence-electron chi connectivity index (χ3n) is 3.69. The highest BCUT2D eigenvalue weighted by molar-refractivity contribution is 7.89. The summed E-state index contributed by atoms with van der Waals surface area (Å²) in [7, 11) is -1.49. The van der Waals surface area contributed by atoms with Gasteiger partial charge in [-0.25, -0.2) is 13.1 Å². The molecule has 13 heavy (non-hydrogen) atoms. The molecular weight excluding hydrogens is 186 g/mol. The zero-order valence-corrected chi connectivity index (χ0v) is 8.86. The molecule has 0 amide bonds. The van der Waals surface area contributed by atoms with Crippen LogP contribution >= 0.6 is 0 Å². The van der Waals surface area contributed by atoms with Gasteiger partial charge in [0.2, 0.25) is 10.0 Å². The summed E-state index contributed by atoms with van der Waals surface area (Å²) in [6.45, 7) is 0. The topological polar surface area (TPSA) is 46.2 Å². The van der Waals surface area contributed by atoms with E-state index in [1.807, 2.05) is 0 Å². The molecule has 4 heteroatoms. The average molecular weight is 203 g/mol. The Kier molecular flexibility index (Phi) is 2.15. The first-order valence-corrected chi connectivity index (χ1v) is 6.62. The Hall–Kier alpha value is -0.0900. The van der Waals surface area contributed by atoms with Crippen LogP contribution in [0.1, 0.15) is 32.1 Å². The zero-order valence-electron chi connectivity index (χ0n) is 8.04. The number of hydrogen-bond acceptors (Lipinski definition) is 2. The van der Waals surface area contributed by atoms with Gasteiger partial charge in [-0.15, -0.1) is 0 Å². The van der Waals surface area contributed by atoms with Crippen LogP contribution in [-0.2, 0) is 10.0 Å². The highest BCUT2D eigenvalue weighted by Gasteiger charge is 2.46. The van der Waals surface area contributed by atoms with Crippen LogP contribution in [0.3, 0.4) is 0 Å². The highest BCUT2D eigenvalue weighted by Crippen LogP contribution is 2.54. The molecule has 2 aliphatic carbocycles. The van der Waals surface area contributed by atoms with Crippen molar-refractivity contribution in [3.8, 4) is 0 Å². The van der Waals surface area contributed by atoms with Crippen LogP contribution in [0.2, 0.25) is 0 Å². The largest absolute Gasteiger partial charge is 0.218 e. The lowest BCUT2D eigenvalue weighted by Gasteiger charge is -2.25. The van der Waals surface area contributed by atoms with E-state index >= 15 is 0 Å². The van der Waals surface area contributed by atoms with E-state index in [0.717, 1.165) is 25.2 Å². The Labute approximate surface area is 80.0 Å². The molecule has 0 spiro atoms. The van der Waals surface area contributed by atoms with Gasteiger partial charge in [-0.2, -0.15) is 0 Å². The molecule has 2 fully saturated rings. The molecule has 0 aliphatic heterocycles. The maximum absolute atomic E-state index is 11.4. The molecule has 0 aromatic carbocycles. The van der Waals surface area contributed by atoms with Gasteiger partial charge < -0.3 is 0 Å². The summed E-state index contributed by atoms with van der Waals surface area (Å²) in [5.41, 5.74) is 0.145. The molecule has 3 nitrogen and oxygen atoms in total. The monoisotopic (exact) mass is 203 g/mol. The van der Waals surface area contributed by atoms with Crippen molar-refractivity contribution in [2.75, 3.05) is 12.8 Å². The SMILES string of the molecule is CNS(=O)(=O)CC12CCC(CC1)C2. The molecule has 2 aliphatic rings. The van der Waals surface area contributed by atoms with Gasteiger partial charge in [-0.1, -0.05) is 0 Å². The Balaban J connectivity index is 2.09. The Morgan fingerprint density at radius 1 is 1.38 bits per heavy atom. The second-order valence-electron chi connectivity index (χ2n) is 4.61. The molecule has 2 rings (SSSR count). The summed E-state index contributed by atoms with van der Waals surface area (Å²) < 4.78 is 25.3. The predicted molar refractivity (Wildman–Crippen MR) is 51.9 cm³/mol. The molecule has 0 heterocycles. The first-order valence-electron chi connectivity index (χ1n) is 4.97. The molecule has 76 valence electrons. The Morgan fingerprint density at radius 2 is 2.00 bits per heavy atom. The fraction of sp³-hybridized carbons (Fsp3) is 1.00. The molecule has 0 unspecified atom stereocenters. The van der Waals surface area contributed by atoms with E-state index in [4.69, 9.17) is 0 Å². The van der Waals surface area contributed by atoms with Crippen molar-refractivity contribution in [2.24, 2.45) is 11.3 Å². The fourth-order valence-electron chi connectivity index (χ4n) is 2.99. The van der Waals surface area contributed by atoms with Crippen LogP contribution in [0.4, 0.5) is 0 Å². The number of rotatable bonds is 3. The third-order valence-corrected chi connectivity index (χ3v) is 5.31. The first-order chi connectivity index (χ1) is 6.05. The molecule has 2 bridgehead atoms. The van der Waals surface area contributed by atoms with E-state index in [1.54, 1.807) is 0 Å². The van der Waals surface area contributed by atoms with Crippen LogP contribution in [-0.4, -0.2) is 21.2 Å². The lowest BCUT2D eigenvalue weighted by atomic mass is 9.87. The third kappa shape index (κ3) is 1.74. The number of hydrogen-bond donors (Lipinski definition) is 1. The van der Waals surface area contributed by atoms with Crippen LogP contribution < -0.4 is 4.72 Å². The fourth-order valence-corrected chi connectivity index (χ4v) is 4.35. The zero-order chi connectivity index (χ0) is 9.53. The molecule has 0 radical (unpaired) electrons. The van der Waals surface area contributed by atoms with Crippen molar-refractivity contribution in [3.63, 3.8) is 0 Å². The van der Waals surface area contributed by atoms with E-state index in [1.165, 1.54) is 19.9 Å². The summed E-state index contributed by atoms with van der Waals surface area (Å²) in [6, 6.07) is 0. The molecule has 0 saturated heterocycles. The van der Waals surface area contributed by atoms with Crippen molar-refractivity contribution in [1.82, 2.24) is 4.72 Å². The molecule has 0 aromatic heterocycles. The van der Waals surface area contributed by atoms with Crippen molar-refractivity contribution in [3.05, 3.63) is 0 Å². The molecule has 2 saturated carbocycles. The lowest BCUT2D eigenvalue weighted by Crippen LogP contribution is -2.32. The standard InChI is InChI=1S/C9H17NO2S/c1-10-13(11,12)7-9-4-2-8(6-9)3-5-9/h8,10H,2-7H2,1H3. The normalized spacial score (nSPS) is 38.4. The minimum atomic E-state index is -3.00. The van der Waals surface area contributed by atoms with Crippen LogP contribution in [0, 0.1) is 11.3 Å². The van der Waals surface area contributed by atoms with Crippen molar-refractivity contribution < 1.29 is 8.42 Å². The quantitative estimate of drug-likeness (QED) is 0.747. The number of nitrogens with one attached hydrogen (secondary N) is 1. The van der Waals surface area contributed by atoms with Gasteiger partial charge >= 0.3 is 0 Å². The first kappa shape index (κ1) is 9.46. The molecular formula is C9H17NO2S. The minimum Gasteiger partial charge on any atom is -0.218 e. The molecule has 0 atom stereocenters. The molecule has 1 N–H and O–H groups in total. The van der Waals surface area contributed by atoms with Gasteiger partial charge in [0.15, 0.2) is 0 Å². The van der Waals surface area contributed by atoms with E-state index in [2.05, 4.69) is 4.72 Å². The summed E-state index contributed by atoms with van der Waals surface area (Å²) in [4.78, 5) is 0. The van der Waals surface area contributed by atoms with E-state index < -0.39 is 10.0 Å². The van der Waals surface area contributed by atoms with Crippen molar-refractivity contribution >= 4 is 10.0 Å². The second-order valence-corrected chi connectivity index (χ2v) is 6.54. The van der Waals surface area contributed by atoms with Gasteiger partial charge in [-0.05, 0) is 50.5 Å². The highest BCUT2D eigenvalue weighted by atomic mass is 32.2. The number of sulfonamides is 1.